The number of anilines is 1. The number of piperidine rings is 1. The van der Waals surface area contributed by atoms with Crippen LogP contribution < -0.4 is 4.90 Å². The lowest BCUT2D eigenvalue weighted by atomic mass is 10.00. The zero-order valence-corrected chi connectivity index (χ0v) is 16.9. The fourth-order valence-electron chi connectivity index (χ4n) is 3.28. The predicted octanol–water partition coefficient (Wildman–Crippen LogP) is 4.21. The van der Waals surface area contributed by atoms with Crippen molar-refractivity contribution in [1.29, 1.82) is 0 Å². The Balaban J connectivity index is 1.53. The van der Waals surface area contributed by atoms with Crippen LogP contribution in [0, 0.1) is 5.92 Å². The van der Waals surface area contributed by atoms with Gasteiger partial charge < -0.3 is 9.42 Å². The minimum Gasteiger partial charge on any atom is -0.341 e. The third kappa shape index (κ3) is 3.61. The van der Waals surface area contributed by atoms with Gasteiger partial charge in [0.2, 0.25) is 11.8 Å². The Kier molecular flexibility index (Phi) is 4.94. The van der Waals surface area contributed by atoms with Gasteiger partial charge in [-0.3, -0.25) is 4.57 Å². The Hall–Kier alpha value is -1.57. The van der Waals surface area contributed by atoms with Gasteiger partial charge in [-0.2, -0.15) is 4.98 Å². The maximum Gasteiger partial charge on any atom is 0.239 e. The number of nitrogens with zero attached hydrogens (tertiary/aromatic N) is 6. The highest BCUT2D eigenvalue weighted by molar-refractivity contribution is 7.99. The van der Waals surface area contributed by atoms with Crippen LogP contribution in [0.15, 0.2) is 9.68 Å². The largest absolute Gasteiger partial charge is 0.341 e. The van der Waals surface area contributed by atoms with Gasteiger partial charge in [-0.05, 0) is 38.5 Å². The zero-order chi connectivity index (χ0) is 18.3. The number of thioether (sulfide) groups is 1. The average Bonchev–Trinajstić information content (AvgIpc) is 3.17. The van der Waals surface area contributed by atoms with E-state index in [1.165, 1.54) is 25.7 Å². The fourth-order valence-corrected chi connectivity index (χ4v) is 4.23. The highest BCUT2D eigenvalue weighted by Gasteiger charge is 2.33. The molecule has 7 nitrogen and oxygen atoms in total. The molecule has 1 aliphatic carbocycles. The van der Waals surface area contributed by atoms with Crippen LogP contribution >= 0.6 is 11.8 Å². The van der Waals surface area contributed by atoms with Crippen molar-refractivity contribution in [3.05, 3.63) is 11.7 Å². The summed E-state index contributed by atoms with van der Waals surface area (Å²) in [5, 5.41) is 14.2. The maximum absolute atomic E-state index is 5.46. The van der Waals surface area contributed by atoms with Crippen LogP contribution in [0.4, 0.5) is 5.95 Å². The van der Waals surface area contributed by atoms with E-state index >= 15 is 0 Å². The fraction of sp³-hybridized carbons (Fsp3) is 0.778. The van der Waals surface area contributed by atoms with Gasteiger partial charge in [0, 0.05) is 25.0 Å². The summed E-state index contributed by atoms with van der Waals surface area (Å²) in [6.07, 6.45) is 4.90. The molecule has 8 heteroatoms. The summed E-state index contributed by atoms with van der Waals surface area (Å²) in [6, 6.07) is 0.544. The summed E-state index contributed by atoms with van der Waals surface area (Å²) < 4.78 is 7.81. The lowest BCUT2D eigenvalue weighted by molar-refractivity contribution is 0.372. The molecule has 4 rings (SSSR count). The van der Waals surface area contributed by atoms with Crippen molar-refractivity contribution in [2.24, 2.45) is 5.92 Å². The molecular formula is C18H28N6OS. The zero-order valence-electron chi connectivity index (χ0n) is 16.1. The van der Waals surface area contributed by atoms with Crippen molar-refractivity contribution in [3.63, 3.8) is 0 Å². The molecule has 26 heavy (non-hydrogen) atoms. The predicted molar refractivity (Wildman–Crippen MR) is 102 cm³/mol. The maximum atomic E-state index is 5.46. The van der Waals surface area contributed by atoms with Gasteiger partial charge in [0.15, 0.2) is 11.0 Å². The summed E-state index contributed by atoms with van der Waals surface area (Å²) in [7, 11) is 0. The molecule has 2 aliphatic rings. The van der Waals surface area contributed by atoms with Crippen LogP contribution in [0.25, 0.3) is 0 Å². The van der Waals surface area contributed by atoms with Gasteiger partial charge >= 0.3 is 0 Å². The van der Waals surface area contributed by atoms with E-state index in [-0.39, 0.29) is 11.2 Å². The molecule has 0 N–H and O–H groups in total. The third-order valence-corrected chi connectivity index (χ3v) is 6.27. The molecule has 142 valence electrons. The van der Waals surface area contributed by atoms with E-state index < -0.39 is 0 Å². The molecule has 3 heterocycles. The Morgan fingerprint density at radius 3 is 2.42 bits per heavy atom. The van der Waals surface area contributed by atoms with E-state index in [1.54, 1.807) is 11.8 Å². The molecule has 0 aromatic carbocycles. The van der Waals surface area contributed by atoms with Crippen molar-refractivity contribution >= 4 is 17.7 Å². The van der Waals surface area contributed by atoms with Gasteiger partial charge in [-0.25, -0.2) is 0 Å². The van der Waals surface area contributed by atoms with Crippen LogP contribution in [0.2, 0.25) is 0 Å². The summed E-state index contributed by atoms with van der Waals surface area (Å²) in [6.45, 7) is 10.7. The first-order valence-corrected chi connectivity index (χ1v) is 10.6. The topological polar surface area (TPSA) is 72.9 Å². The van der Waals surface area contributed by atoms with Gasteiger partial charge in [0.25, 0.3) is 0 Å². The molecule has 0 amide bonds. The second-order valence-corrected chi connectivity index (χ2v) is 9.27. The van der Waals surface area contributed by atoms with Gasteiger partial charge in [-0.1, -0.05) is 37.7 Å². The molecule has 1 atom stereocenters. The first-order chi connectivity index (χ1) is 12.5. The highest BCUT2D eigenvalue weighted by Crippen LogP contribution is 2.44. The van der Waals surface area contributed by atoms with E-state index in [4.69, 9.17) is 4.52 Å². The highest BCUT2D eigenvalue weighted by atomic mass is 32.2. The van der Waals surface area contributed by atoms with Crippen molar-refractivity contribution in [1.82, 2.24) is 24.9 Å². The van der Waals surface area contributed by atoms with E-state index in [0.717, 1.165) is 35.9 Å². The summed E-state index contributed by atoms with van der Waals surface area (Å²) in [5.74, 6) is 3.55. The minimum atomic E-state index is 0.0610. The van der Waals surface area contributed by atoms with Gasteiger partial charge in [0.05, 0.1) is 5.25 Å². The molecule has 1 saturated carbocycles. The second kappa shape index (κ2) is 7.21. The van der Waals surface area contributed by atoms with E-state index in [9.17, 15) is 0 Å². The average molecular weight is 377 g/mol. The number of hydrogen-bond donors (Lipinski definition) is 0. The van der Waals surface area contributed by atoms with Crippen molar-refractivity contribution in [2.45, 2.75) is 75.7 Å². The second-order valence-electron chi connectivity index (χ2n) is 7.96. The first-order valence-electron chi connectivity index (χ1n) is 9.73. The van der Waals surface area contributed by atoms with Crippen LogP contribution in [0.1, 0.15) is 82.3 Å². The smallest absolute Gasteiger partial charge is 0.239 e. The normalized spacial score (nSPS) is 20.1. The monoisotopic (exact) mass is 376 g/mol. The van der Waals surface area contributed by atoms with E-state index in [0.29, 0.717) is 11.9 Å². The molecule has 0 bridgehead atoms. The van der Waals surface area contributed by atoms with Crippen LogP contribution in [0.3, 0.4) is 0 Å². The SMILES string of the molecule is CC1CCN(c2nnc(S[C@@H](C)c3nc(C(C)C)no3)n2C2CC2)CC1. The molecule has 0 spiro atoms. The van der Waals surface area contributed by atoms with Gasteiger partial charge in [0.1, 0.15) is 0 Å². The minimum absolute atomic E-state index is 0.0610. The molecule has 2 aromatic heterocycles. The molecule has 0 radical (unpaired) electrons. The Labute approximate surface area is 158 Å². The van der Waals surface area contributed by atoms with Crippen LogP contribution in [0.5, 0.6) is 0 Å². The summed E-state index contributed by atoms with van der Waals surface area (Å²) in [4.78, 5) is 6.94. The van der Waals surface area contributed by atoms with Crippen molar-refractivity contribution < 1.29 is 4.52 Å². The summed E-state index contributed by atoms with van der Waals surface area (Å²) in [5.41, 5.74) is 0. The van der Waals surface area contributed by atoms with Crippen molar-refractivity contribution in [2.75, 3.05) is 18.0 Å². The Bertz CT molecular complexity index is 745. The molecule has 1 saturated heterocycles. The van der Waals surface area contributed by atoms with Gasteiger partial charge in [-0.15, -0.1) is 10.2 Å². The molecule has 2 aromatic rings. The Morgan fingerprint density at radius 2 is 1.81 bits per heavy atom. The standard InChI is InChI=1S/C18H28N6OS/c1-11(2)15-19-16(25-22-15)13(4)26-18-21-20-17(24(18)14-5-6-14)23-9-7-12(3)8-10-23/h11-14H,5-10H2,1-4H3/t13-/m0/s1. The van der Waals surface area contributed by atoms with Crippen molar-refractivity contribution in [3.8, 4) is 0 Å². The third-order valence-electron chi connectivity index (χ3n) is 5.23. The number of hydrogen-bond acceptors (Lipinski definition) is 7. The first kappa shape index (κ1) is 17.8. The van der Waals surface area contributed by atoms with E-state index in [2.05, 4.69) is 57.5 Å². The summed E-state index contributed by atoms with van der Waals surface area (Å²) >= 11 is 1.67. The van der Waals surface area contributed by atoms with Crippen LogP contribution in [-0.4, -0.2) is 38.0 Å². The Morgan fingerprint density at radius 1 is 1.08 bits per heavy atom. The van der Waals surface area contributed by atoms with Crippen LogP contribution in [-0.2, 0) is 0 Å². The number of rotatable bonds is 6. The lowest BCUT2D eigenvalue weighted by Gasteiger charge is -2.31. The molecule has 1 aliphatic heterocycles. The molecular weight excluding hydrogens is 348 g/mol. The number of aromatic nitrogens is 5. The molecule has 0 unspecified atom stereocenters. The van der Waals surface area contributed by atoms with E-state index in [1.807, 2.05) is 0 Å². The lowest BCUT2D eigenvalue weighted by Crippen LogP contribution is -2.34. The quantitative estimate of drug-likeness (QED) is 0.699. The molecule has 2 fully saturated rings.